The third-order valence-electron chi connectivity index (χ3n) is 3.38. The molecule has 7 heteroatoms. The first-order valence-electron chi connectivity index (χ1n) is 6.51. The third-order valence-corrected chi connectivity index (χ3v) is 4.52. The SMILES string of the molecule is CCc1nn(C)c2c1nc(CCl)n2-c1cc(Cl)ccc1Br. The van der Waals surface area contributed by atoms with Gasteiger partial charge in [-0.3, -0.25) is 4.57 Å². The molecule has 21 heavy (non-hydrogen) atoms. The molecule has 0 saturated carbocycles. The van der Waals surface area contributed by atoms with Crippen molar-refractivity contribution in [3.05, 3.63) is 39.2 Å². The number of nitrogens with zero attached hydrogens (tertiary/aromatic N) is 4. The van der Waals surface area contributed by atoms with Crippen LogP contribution in [0, 0.1) is 0 Å². The summed E-state index contributed by atoms with van der Waals surface area (Å²) in [6.45, 7) is 2.07. The number of aromatic nitrogens is 4. The van der Waals surface area contributed by atoms with Crippen molar-refractivity contribution in [2.75, 3.05) is 0 Å². The van der Waals surface area contributed by atoms with Crippen LogP contribution in [-0.2, 0) is 19.3 Å². The molecule has 4 nitrogen and oxygen atoms in total. The third kappa shape index (κ3) is 2.37. The van der Waals surface area contributed by atoms with Crippen LogP contribution in [0.1, 0.15) is 18.4 Å². The monoisotopic (exact) mass is 386 g/mol. The van der Waals surface area contributed by atoms with Gasteiger partial charge in [0.1, 0.15) is 11.3 Å². The fourth-order valence-corrected chi connectivity index (χ4v) is 3.23. The molecule has 1 aromatic carbocycles. The van der Waals surface area contributed by atoms with Gasteiger partial charge in [0.05, 0.1) is 17.3 Å². The second-order valence-corrected chi connectivity index (χ2v) is 6.25. The highest BCUT2D eigenvalue weighted by molar-refractivity contribution is 9.10. The molecule has 3 aromatic rings. The van der Waals surface area contributed by atoms with Crippen molar-refractivity contribution in [2.45, 2.75) is 19.2 Å². The van der Waals surface area contributed by atoms with Crippen LogP contribution in [0.15, 0.2) is 22.7 Å². The Morgan fingerprint density at radius 1 is 1.33 bits per heavy atom. The van der Waals surface area contributed by atoms with Gasteiger partial charge in [0.2, 0.25) is 0 Å². The molecule has 0 bridgehead atoms. The van der Waals surface area contributed by atoms with E-state index in [9.17, 15) is 0 Å². The summed E-state index contributed by atoms with van der Waals surface area (Å²) in [6, 6.07) is 5.64. The van der Waals surface area contributed by atoms with Crippen LogP contribution in [0.5, 0.6) is 0 Å². The summed E-state index contributed by atoms with van der Waals surface area (Å²) in [5, 5.41) is 5.18. The summed E-state index contributed by atoms with van der Waals surface area (Å²) >= 11 is 15.8. The zero-order valence-electron chi connectivity index (χ0n) is 11.6. The molecule has 110 valence electrons. The lowest BCUT2D eigenvalue weighted by Gasteiger charge is -2.10. The lowest BCUT2D eigenvalue weighted by molar-refractivity contribution is 0.744. The van der Waals surface area contributed by atoms with Gasteiger partial charge in [-0.15, -0.1) is 11.6 Å². The number of benzene rings is 1. The number of fused-ring (bicyclic) bond motifs is 1. The van der Waals surface area contributed by atoms with Crippen molar-refractivity contribution in [1.82, 2.24) is 19.3 Å². The Morgan fingerprint density at radius 2 is 2.10 bits per heavy atom. The minimum Gasteiger partial charge on any atom is -0.279 e. The number of halogens is 3. The Kier molecular flexibility index (Phi) is 3.99. The number of aryl methyl sites for hydroxylation is 2. The average Bonchev–Trinajstić information content (AvgIpc) is 2.99. The smallest absolute Gasteiger partial charge is 0.163 e. The van der Waals surface area contributed by atoms with Gasteiger partial charge in [0.25, 0.3) is 0 Å². The summed E-state index contributed by atoms with van der Waals surface area (Å²) < 4.78 is 4.77. The van der Waals surface area contributed by atoms with Crippen molar-refractivity contribution in [2.24, 2.45) is 7.05 Å². The quantitative estimate of drug-likeness (QED) is 0.621. The first kappa shape index (κ1) is 14.9. The molecule has 0 unspecified atom stereocenters. The van der Waals surface area contributed by atoms with Crippen molar-refractivity contribution in [1.29, 1.82) is 0 Å². The Hall–Kier alpha value is -1.04. The molecule has 0 amide bonds. The Labute approximate surface area is 140 Å². The topological polar surface area (TPSA) is 35.6 Å². The van der Waals surface area contributed by atoms with Gasteiger partial charge in [0, 0.05) is 16.5 Å². The van der Waals surface area contributed by atoms with Gasteiger partial charge in [-0.25, -0.2) is 9.67 Å². The first-order chi connectivity index (χ1) is 10.1. The van der Waals surface area contributed by atoms with Gasteiger partial charge < -0.3 is 0 Å². The van der Waals surface area contributed by atoms with E-state index in [2.05, 4.69) is 32.9 Å². The van der Waals surface area contributed by atoms with Crippen LogP contribution in [0.2, 0.25) is 5.02 Å². The van der Waals surface area contributed by atoms with Crippen molar-refractivity contribution in [3.8, 4) is 5.69 Å². The van der Waals surface area contributed by atoms with E-state index >= 15 is 0 Å². The van der Waals surface area contributed by atoms with Crippen LogP contribution in [0.3, 0.4) is 0 Å². The Balaban J connectivity index is 2.40. The molecule has 0 N–H and O–H groups in total. The zero-order chi connectivity index (χ0) is 15.1. The molecule has 0 fully saturated rings. The zero-order valence-corrected chi connectivity index (χ0v) is 14.7. The van der Waals surface area contributed by atoms with Gasteiger partial charge in [-0.05, 0) is 40.5 Å². The maximum atomic E-state index is 6.14. The van der Waals surface area contributed by atoms with Crippen LogP contribution >= 0.6 is 39.1 Å². The molecular weight excluding hydrogens is 375 g/mol. The highest BCUT2D eigenvalue weighted by atomic mass is 79.9. The highest BCUT2D eigenvalue weighted by Crippen LogP contribution is 2.31. The fourth-order valence-electron chi connectivity index (χ4n) is 2.46. The number of alkyl halides is 1. The van der Waals surface area contributed by atoms with Crippen LogP contribution in [-0.4, -0.2) is 19.3 Å². The van der Waals surface area contributed by atoms with Gasteiger partial charge >= 0.3 is 0 Å². The van der Waals surface area contributed by atoms with Crippen LogP contribution < -0.4 is 0 Å². The Morgan fingerprint density at radius 3 is 2.76 bits per heavy atom. The molecule has 3 rings (SSSR count). The standard InChI is InChI=1S/C14H13BrCl2N4/c1-3-10-13-14(20(2)19-10)21(12(7-16)18-13)11-6-8(17)4-5-9(11)15/h4-6H,3,7H2,1-2H3. The van der Waals surface area contributed by atoms with Gasteiger partial charge in [-0.2, -0.15) is 5.10 Å². The van der Waals surface area contributed by atoms with E-state index in [1.165, 1.54) is 0 Å². The van der Waals surface area contributed by atoms with Gasteiger partial charge in [-0.1, -0.05) is 18.5 Å². The largest absolute Gasteiger partial charge is 0.279 e. The van der Waals surface area contributed by atoms with E-state index in [1.807, 2.05) is 34.5 Å². The van der Waals surface area contributed by atoms with E-state index in [0.29, 0.717) is 10.9 Å². The second kappa shape index (κ2) is 5.63. The molecule has 0 saturated heterocycles. The first-order valence-corrected chi connectivity index (χ1v) is 8.22. The molecule has 0 atom stereocenters. The summed E-state index contributed by atoms with van der Waals surface area (Å²) in [5.41, 5.74) is 3.69. The van der Waals surface area contributed by atoms with Crippen molar-refractivity contribution >= 4 is 50.3 Å². The lowest BCUT2D eigenvalue weighted by Crippen LogP contribution is -2.05. The molecule has 2 aromatic heterocycles. The van der Waals surface area contributed by atoms with E-state index in [0.717, 1.165) is 39.3 Å². The van der Waals surface area contributed by atoms with Crippen LogP contribution in [0.4, 0.5) is 0 Å². The van der Waals surface area contributed by atoms with Gasteiger partial charge in [0.15, 0.2) is 5.65 Å². The maximum absolute atomic E-state index is 6.14. The summed E-state index contributed by atoms with van der Waals surface area (Å²) in [5.74, 6) is 1.09. The lowest BCUT2D eigenvalue weighted by atomic mass is 10.3. The normalized spacial score (nSPS) is 11.5. The maximum Gasteiger partial charge on any atom is 0.163 e. The van der Waals surface area contributed by atoms with E-state index in [1.54, 1.807) is 0 Å². The molecule has 0 aliphatic carbocycles. The number of hydrogen-bond donors (Lipinski definition) is 0. The van der Waals surface area contributed by atoms with Crippen molar-refractivity contribution in [3.63, 3.8) is 0 Å². The van der Waals surface area contributed by atoms with E-state index in [4.69, 9.17) is 23.2 Å². The molecule has 0 radical (unpaired) electrons. The molecular formula is C14H13BrCl2N4. The predicted octanol–water partition coefficient (Wildman–Crippen LogP) is 4.48. The summed E-state index contributed by atoms with van der Waals surface area (Å²) in [4.78, 5) is 4.65. The Bertz CT molecular complexity index is 822. The minimum atomic E-state index is 0.316. The molecule has 0 aliphatic heterocycles. The number of imidazole rings is 1. The van der Waals surface area contributed by atoms with Crippen molar-refractivity contribution < 1.29 is 0 Å². The molecule has 0 spiro atoms. The minimum absolute atomic E-state index is 0.316. The van der Waals surface area contributed by atoms with Crippen LogP contribution in [0.25, 0.3) is 16.9 Å². The highest BCUT2D eigenvalue weighted by Gasteiger charge is 2.20. The number of hydrogen-bond acceptors (Lipinski definition) is 2. The summed E-state index contributed by atoms with van der Waals surface area (Å²) in [6.07, 6.45) is 0.826. The summed E-state index contributed by atoms with van der Waals surface area (Å²) in [7, 11) is 1.91. The van der Waals surface area contributed by atoms with E-state index in [-0.39, 0.29) is 0 Å². The fraction of sp³-hybridized carbons (Fsp3) is 0.286. The second-order valence-electron chi connectivity index (χ2n) is 4.69. The number of rotatable bonds is 3. The molecule has 0 aliphatic rings. The molecule has 2 heterocycles. The predicted molar refractivity (Wildman–Crippen MR) is 89.5 cm³/mol. The van der Waals surface area contributed by atoms with E-state index < -0.39 is 0 Å². The average molecular weight is 388 g/mol.